The molecule has 94 valence electrons. The normalized spacial score (nSPS) is 19.2. The van der Waals surface area contributed by atoms with Gasteiger partial charge in [-0.2, -0.15) is 0 Å². The lowest BCUT2D eigenvalue weighted by molar-refractivity contribution is 0.547. The summed E-state index contributed by atoms with van der Waals surface area (Å²) >= 11 is 0. The highest BCUT2D eigenvalue weighted by Crippen LogP contribution is 2.09. The van der Waals surface area contributed by atoms with E-state index in [0.717, 1.165) is 25.3 Å². The van der Waals surface area contributed by atoms with Crippen LogP contribution in [0, 0.1) is 0 Å². The van der Waals surface area contributed by atoms with Gasteiger partial charge in [0.15, 0.2) is 0 Å². The summed E-state index contributed by atoms with van der Waals surface area (Å²) in [4.78, 5) is 4.05. The summed E-state index contributed by atoms with van der Waals surface area (Å²) in [6.07, 6.45) is 6.80. The maximum Gasteiger partial charge on any atom is 0.0991 e. The van der Waals surface area contributed by atoms with Crippen LogP contribution >= 0.6 is 0 Å². The molecule has 1 aromatic heterocycles. The minimum atomic E-state index is 0.623. The zero-order valence-corrected chi connectivity index (χ0v) is 10.3. The fraction of sp³-hybridized carbons (Fsp3) is 0.357. The summed E-state index contributed by atoms with van der Waals surface area (Å²) < 4.78 is 2.01. The number of rotatable bonds is 4. The molecule has 0 amide bonds. The second kappa shape index (κ2) is 5.33. The molecule has 2 aromatic rings. The predicted octanol–water partition coefficient (Wildman–Crippen LogP) is 1.32. The lowest BCUT2D eigenvalue weighted by Crippen LogP contribution is -2.30. The van der Waals surface area contributed by atoms with E-state index in [2.05, 4.69) is 39.9 Å². The standard InChI is InChI=1S/C14H18N4/c1-3-14(18-8-7-16-11-18)4-2-12(1)9-17-13-5-6-15-10-13/h1-4,7-8,11,13,15,17H,5-6,9-10H2. The largest absolute Gasteiger partial charge is 0.315 e. The lowest BCUT2D eigenvalue weighted by Gasteiger charge is -2.11. The third-order valence-electron chi connectivity index (χ3n) is 3.39. The van der Waals surface area contributed by atoms with Crippen molar-refractivity contribution in [3.8, 4) is 5.69 Å². The molecule has 0 radical (unpaired) electrons. The monoisotopic (exact) mass is 242 g/mol. The van der Waals surface area contributed by atoms with Crippen molar-refractivity contribution in [1.82, 2.24) is 20.2 Å². The molecule has 0 aliphatic carbocycles. The van der Waals surface area contributed by atoms with Crippen LogP contribution in [0.3, 0.4) is 0 Å². The Balaban J connectivity index is 1.60. The van der Waals surface area contributed by atoms with Gasteiger partial charge in [0.1, 0.15) is 0 Å². The van der Waals surface area contributed by atoms with Crippen molar-refractivity contribution in [2.75, 3.05) is 13.1 Å². The van der Waals surface area contributed by atoms with Crippen molar-refractivity contribution in [3.05, 3.63) is 48.5 Å². The number of hydrogen-bond donors (Lipinski definition) is 2. The van der Waals surface area contributed by atoms with E-state index in [0.29, 0.717) is 6.04 Å². The van der Waals surface area contributed by atoms with Crippen LogP contribution in [0.25, 0.3) is 5.69 Å². The smallest absolute Gasteiger partial charge is 0.0991 e. The average molecular weight is 242 g/mol. The van der Waals surface area contributed by atoms with Crippen molar-refractivity contribution < 1.29 is 0 Å². The molecule has 1 fully saturated rings. The quantitative estimate of drug-likeness (QED) is 0.850. The number of imidazole rings is 1. The molecule has 0 saturated carbocycles. The second-order valence-electron chi connectivity index (χ2n) is 4.71. The maximum atomic E-state index is 4.05. The van der Waals surface area contributed by atoms with Crippen molar-refractivity contribution in [1.29, 1.82) is 0 Å². The zero-order valence-electron chi connectivity index (χ0n) is 10.3. The fourth-order valence-corrected chi connectivity index (χ4v) is 2.29. The zero-order chi connectivity index (χ0) is 12.2. The second-order valence-corrected chi connectivity index (χ2v) is 4.71. The molecule has 2 heterocycles. The first-order valence-corrected chi connectivity index (χ1v) is 6.43. The van der Waals surface area contributed by atoms with E-state index in [9.17, 15) is 0 Å². The highest BCUT2D eigenvalue weighted by Gasteiger charge is 2.12. The van der Waals surface area contributed by atoms with Gasteiger partial charge in [-0.1, -0.05) is 12.1 Å². The Kier molecular flexibility index (Phi) is 3.39. The molecule has 1 aromatic carbocycles. The minimum absolute atomic E-state index is 0.623. The highest BCUT2D eigenvalue weighted by molar-refractivity contribution is 5.34. The molecule has 18 heavy (non-hydrogen) atoms. The predicted molar refractivity (Wildman–Crippen MR) is 71.7 cm³/mol. The number of aromatic nitrogens is 2. The van der Waals surface area contributed by atoms with Crippen LogP contribution in [-0.4, -0.2) is 28.7 Å². The number of nitrogens with zero attached hydrogens (tertiary/aromatic N) is 2. The third kappa shape index (κ3) is 2.60. The third-order valence-corrected chi connectivity index (χ3v) is 3.39. The van der Waals surface area contributed by atoms with E-state index in [1.54, 1.807) is 6.20 Å². The summed E-state index contributed by atoms with van der Waals surface area (Å²) in [6.45, 7) is 3.17. The van der Waals surface area contributed by atoms with Gasteiger partial charge in [0, 0.05) is 37.2 Å². The van der Waals surface area contributed by atoms with Crippen molar-refractivity contribution in [2.24, 2.45) is 0 Å². The SMILES string of the molecule is c1cn(-c2ccc(CNC3CCNC3)cc2)cn1. The summed E-state index contributed by atoms with van der Waals surface area (Å²) in [6, 6.07) is 9.23. The average Bonchev–Trinajstić information content (AvgIpc) is 3.10. The van der Waals surface area contributed by atoms with Crippen molar-refractivity contribution in [2.45, 2.75) is 19.0 Å². The number of hydrogen-bond acceptors (Lipinski definition) is 3. The number of benzene rings is 1. The summed E-state index contributed by atoms with van der Waals surface area (Å²) in [5.74, 6) is 0. The number of nitrogens with one attached hydrogen (secondary N) is 2. The molecule has 4 heteroatoms. The van der Waals surface area contributed by atoms with Crippen molar-refractivity contribution in [3.63, 3.8) is 0 Å². The maximum absolute atomic E-state index is 4.05. The molecule has 4 nitrogen and oxygen atoms in total. The molecular formula is C14H18N4. The van der Waals surface area contributed by atoms with E-state index in [-0.39, 0.29) is 0 Å². The van der Waals surface area contributed by atoms with Crippen LogP contribution in [0.2, 0.25) is 0 Å². The Morgan fingerprint density at radius 1 is 1.33 bits per heavy atom. The van der Waals surface area contributed by atoms with E-state index >= 15 is 0 Å². The molecule has 0 bridgehead atoms. The van der Waals surface area contributed by atoms with E-state index in [1.165, 1.54) is 12.0 Å². The van der Waals surface area contributed by atoms with Crippen LogP contribution in [0.15, 0.2) is 43.0 Å². The molecule has 1 aliphatic rings. The van der Waals surface area contributed by atoms with E-state index < -0.39 is 0 Å². The molecule has 1 aliphatic heterocycles. The Bertz CT molecular complexity index is 469. The van der Waals surface area contributed by atoms with Gasteiger partial charge < -0.3 is 15.2 Å². The van der Waals surface area contributed by atoms with Gasteiger partial charge in [-0.3, -0.25) is 0 Å². The van der Waals surface area contributed by atoms with Gasteiger partial charge in [-0.25, -0.2) is 4.98 Å². The van der Waals surface area contributed by atoms with Crippen LogP contribution in [0.5, 0.6) is 0 Å². The minimum Gasteiger partial charge on any atom is -0.315 e. The Hall–Kier alpha value is -1.65. The molecule has 1 unspecified atom stereocenters. The summed E-state index contributed by atoms with van der Waals surface area (Å²) in [5, 5.41) is 6.93. The van der Waals surface area contributed by atoms with Crippen LogP contribution in [0.1, 0.15) is 12.0 Å². The van der Waals surface area contributed by atoms with Crippen molar-refractivity contribution >= 4 is 0 Å². The van der Waals surface area contributed by atoms with Gasteiger partial charge >= 0.3 is 0 Å². The van der Waals surface area contributed by atoms with E-state index in [4.69, 9.17) is 0 Å². The Morgan fingerprint density at radius 3 is 2.89 bits per heavy atom. The summed E-state index contributed by atoms with van der Waals surface area (Å²) in [5.41, 5.74) is 2.48. The molecular weight excluding hydrogens is 224 g/mol. The Morgan fingerprint density at radius 2 is 2.22 bits per heavy atom. The first-order chi connectivity index (χ1) is 8.92. The molecule has 1 saturated heterocycles. The Labute approximate surface area is 107 Å². The molecule has 3 rings (SSSR count). The van der Waals surface area contributed by atoms with Gasteiger partial charge in [-0.15, -0.1) is 0 Å². The summed E-state index contributed by atoms with van der Waals surface area (Å²) in [7, 11) is 0. The fourth-order valence-electron chi connectivity index (χ4n) is 2.29. The van der Waals surface area contributed by atoms with Crippen LogP contribution < -0.4 is 10.6 Å². The molecule has 0 spiro atoms. The van der Waals surface area contributed by atoms with Crippen LogP contribution in [0.4, 0.5) is 0 Å². The van der Waals surface area contributed by atoms with Gasteiger partial charge in [0.05, 0.1) is 6.33 Å². The molecule has 1 atom stereocenters. The van der Waals surface area contributed by atoms with Gasteiger partial charge in [0.25, 0.3) is 0 Å². The van der Waals surface area contributed by atoms with Gasteiger partial charge in [-0.05, 0) is 30.7 Å². The highest BCUT2D eigenvalue weighted by atomic mass is 15.0. The van der Waals surface area contributed by atoms with Crippen LogP contribution in [-0.2, 0) is 6.54 Å². The topological polar surface area (TPSA) is 41.9 Å². The van der Waals surface area contributed by atoms with Gasteiger partial charge in [0.2, 0.25) is 0 Å². The molecule has 2 N–H and O–H groups in total. The first-order valence-electron chi connectivity index (χ1n) is 6.43. The van der Waals surface area contributed by atoms with E-state index in [1.807, 2.05) is 17.1 Å². The lowest BCUT2D eigenvalue weighted by atomic mass is 10.2. The first kappa shape index (κ1) is 11.4.